The molecule has 2 aliphatic heterocycles. The van der Waals surface area contributed by atoms with Crippen LogP contribution < -0.4 is 5.32 Å². The largest absolute Gasteiger partial charge is 0.490 e. The number of aliphatic carboxylic acids is 1. The van der Waals surface area contributed by atoms with E-state index in [-0.39, 0.29) is 18.1 Å². The number of methoxy groups -OCH3 is 1. The van der Waals surface area contributed by atoms with Gasteiger partial charge in [0.25, 0.3) is 0 Å². The fourth-order valence-electron chi connectivity index (χ4n) is 3.40. The molecule has 2 N–H and O–H groups in total. The lowest BCUT2D eigenvalue weighted by Crippen LogP contribution is -2.48. The van der Waals surface area contributed by atoms with Gasteiger partial charge in [-0.05, 0) is 31.4 Å². The quantitative estimate of drug-likeness (QED) is 0.674. The highest BCUT2D eigenvalue weighted by atomic mass is 19.4. The van der Waals surface area contributed by atoms with Crippen molar-refractivity contribution in [3.05, 3.63) is 24.2 Å². The van der Waals surface area contributed by atoms with E-state index in [0.29, 0.717) is 19.2 Å². The number of fused-ring (bicyclic) bond motifs is 1. The number of alkyl halides is 3. The molecule has 3 rings (SSSR count). The summed E-state index contributed by atoms with van der Waals surface area (Å²) >= 11 is 0. The Hall–Kier alpha value is -2.11. The number of carbonyl (C=O) groups excluding carboxylic acids is 1. The number of likely N-dealkylation sites (tertiary alicyclic amines) is 1. The van der Waals surface area contributed by atoms with Gasteiger partial charge in [-0.15, -0.1) is 0 Å². The minimum Gasteiger partial charge on any atom is -0.475 e. The zero-order valence-electron chi connectivity index (χ0n) is 16.0. The minimum absolute atomic E-state index is 0.0139. The number of furan rings is 1. The number of halogens is 3. The van der Waals surface area contributed by atoms with E-state index in [9.17, 15) is 18.0 Å². The van der Waals surface area contributed by atoms with Crippen molar-refractivity contribution in [3.8, 4) is 0 Å². The highest BCUT2D eigenvalue weighted by Gasteiger charge is 2.41. The molecule has 0 unspecified atom stereocenters. The van der Waals surface area contributed by atoms with E-state index in [1.165, 1.54) is 0 Å². The molecule has 1 aromatic rings. The van der Waals surface area contributed by atoms with E-state index < -0.39 is 12.1 Å². The number of carbonyl (C=O) groups is 2. The fraction of sp³-hybridized carbons (Fsp3) is 0.667. The van der Waals surface area contributed by atoms with Gasteiger partial charge in [-0.2, -0.15) is 13.2 Å². The monoisotopic (exact) mass is 422 g/mol. The van der Waals surface area contributed by atoms with Crippen LogP contribution in [0, 0.1) is 0 Å². The van der Waals surface area contributed by atoms with E-state index in [2.05, 4.69) is 10.2 Å². The Morgan fingerprint density at radius 1 is 1.34 bits per heavy atom. The van der Waals surface area contributed by atoms with Crippen LogP contribution in [-0.2, 0) is 25.6 Å². The Balaban J connectivity index is 0.000000370. The number of amides is 1. The van der Waals surface area contributed by atoms with Crippen molar-refractivity contribution < 1.29 is 41.8 Å². The maximum atomic E-state index is 12.1. The molecule has 2 fully saturated rings. The number of hydrogen-bond donors (Lipinski definition) is 2. The second kappa shape index (κ2) is 10.6. The summed E-state index contributed by atoms with van der Waals surface area (Å²) in [6, 6.07) is 4.32. The van der Waals surface area contributed by atoms with Crippen LogP contribution in [0.4, 0.5) is 13.2 Å². The number of nitrogens with zero attached hydrogens (tertiary/aromatic N) is 1. The second-order valence-corrected chi connectivity index (χ2v) is 6.73. The molecule has 0 aliphatic carbocycles. The van der Waals surface area contributed by atoms with Gasteiger partial charge >= 0.3 is 12.1 Å². The van der Waals surface area contributed by atoms with Crippen molar-refractivity contribution in [1.29, 1.82) is 0 Å². The van der Waals surface area contributed by atoms with E-state index in [4.69, 9.17) is 23.8 Å². The maximum Gasteiger partial charge on any atom is 0.490 e. The molecule has 0 saturated carbocycles. The van der Waals surface area contributed by atoms with Gasteiger partial charge in [-0.1, -0.05) is 0 Å². The van der Waals surface area contributed by atoms with Gasteiger partial charge in [0.2, 0.25) is 5.91 Å². The summed E-state index contributed by atoms with van der Waals surface area (Å²) in [6.45, 7) is 2.88. The zero-order chi connectivity index (χ0) is 21.4. The van der Waals surface area contributed by atoms with Crippen LogP contribution in [0.15, 0.2) is 22.8 Å². The van der Waals surface area contributed by atoms with E-state index in [0.717, 1.165) is 38.1 Å². The second-order valence-electron chi connectivity index (χ2n) is 6.73. The molecule has 0 spiro atoms. The molecular formula is C18H25F3N2O6. The van der Waals surface area contributed by atoms with Gasteiger partial charge in [0.15, 0.2) is 0 Å². The molecule has 3 atom stereocenters. The zero-order valence-corrected chi connectivity index (χ0v) is 16.0. The van der Waals surface area contributed by atoms with E-state index in [1.807, 2.05) is 12.1 Å². The molecule has 2 aliphatic rings. The lowest BCUT2D eigenvalue weighted by molar-refractivity contribution is -0.192. The maximum absolute atomic E-state index is 12.1. The number of rotatable bonds is 6. The average Bonchev–Trinajstić information content (AvgIpc) is 3.32. The summed E-state index contributed by atoms with van der Waals surface area (Å²) in [4.78, 5) is 23.4. The molecule has 11 heteroatoms. The van der Waals surface area contributed by atoms with Crippen LogP contribution in [-0.4, -0.2) is 73.1 Å². The number of nitrogens with one attached hydrogen (secondary N) is 1. The highest BCUT2D eigenvalue weighted by molar-refractivity contribution is 5.80. The molecule has 8 nitrogen and oxygen atoms in total. The lowest BCUT2D eigenvalue weighted by atomic mass is 9.98. The van der Waals surface area contributed by atoms with Crippen molar-refractivity contribution in [2.75, 3.05) is 26.8 Å². The molecule has 1 aromatic heterocycles. The van der Waals surface area contributed by atoms with Crippen molar-refractivity contribution in [2.45, 2.75) is 50.2 Å². The third-order valence-corrected chi connectivity index (χ3v) is 4.74. The molecule has 3 heterocycles. The summed E-state index contributed by atoms with van der Waals surface area (Å²) in [5.41, 5.74) is 0. The third-order valence-electron chi connectivity index (χ3n) is 4.74. The molecule has 0 bridgehead atoms. The first-order valence-corrected chi connectivity index (χ1v) is 9.21. The third kappa shape index (κ3) is 7.02. The summed E-state index contributed by atoms with van der Waals surface area (Å²) in [5, 5.41) is 9.99. The van der Waals surface area contributed by atoms with Gasteiger partial charge in [0.1, 0.15) is 11.9 Å². The Morgan fingerprint density at radius 3 is 2.66 bits per heavy atom. The van der Waals surface area contributed by atoms with Crippen LogP contribution in [0.5, 0.6) is 0 Å². The molecule has 2 saturated heterocycles. The van der Waals surface area contributed by atoms with Crippen molar-refractivity contribution in [3.63, 3.8) is 0 Å². The molecule has 1 amide bonds. The van der Waals surface area contributed by atoms with Gasteiger partial charge in [0.05, 0.1) is 25.5 Å². The average molecular weight is 422 g/mol. The van der Waals surface area contributed by atoms with Crippen molar-refractivity contribution in [2.24, 2.45) is 0 Å². The smallest absolute Gasteiger partial charge is 0.475 e. The van der Waals surface area contributed by atoms with Crippen LogP contribution in [0.25, 0.3) is 0 Å². The summed E-state index contributed by atoms with van der Waals surface area (Å²) < 4.78 is 48.1. The lowest BCUT2D eigenvalue weighted by Gasteiger charge is -2.35. The number of carboxylic acid groups (broad SMARTS) is 1. The van der Waals surface area contributed by atoms with Gasteiger partial charge in [-0.25, -0.2) is 4.79 Å². The van der Waals surface area contributed by atoms with Crippen LogP contribution in [0.2, 0.25) is 0 Å². The molecule has 164 valence electrons. The fourth-order valence-corrected chi connectivity index (χ4v) is 3.40. The van der Waals surface area contributed by atoms with E-state index in [1.54, 1.807) is 13.4 Å². The summed E-state index contributed by atoms with van der Waals surface area (Å²) in [7, 11) is 1.62. The number of ether oxygens (including phenoxy) is 2. The van der Waals surface area contributed by atoms with Crippen molar-refractivity contribution in [1.82, 2.24) is 10.2 Å². The van der Waals surface area contributed by atoms with Crippen molar-refractivity contribution >= 4 is 11.9 Å². The molecule has 29 heavy (non-hydrogen) atoms. The Kier molecular flexibility index (Phi) is 8.47. The Labute approximate surface area is 165 Å². The standard InChI is InChI=1S/C16H24N2O4.C2HF3O2/c1-20-10-7-17-16(19)15-5-4-13-14(22-15)6-8-18(13)11-12-3-2-9-21-12;3-2(4,5)1(6)7/h2-3,9,13-15H,4-8,10-11H2,1H3,(H,17,19);(H,6,7)/t13-,14-,15+;/m1./s1. The summed E-state index contributed by atoms with van der Waals surface area (Å²) in [6.07, 6.45) is -0.792. The van der Waals surface area contributed by atoms with Gasteiger partial charge in [-0.3, -0.25) is 9.69 Å². The molecule has 0 aromatic carbocycles. The normalized spacial score (nSPS) is 24.3. The Bertz CT molecular complexity index is 653. The predicted octanol–water partition coefficient (Wildman–Crippen LogP) is 1.80. The first-order chi connectivity index (χ1) is 13.7. The number of carboxylic acids is 1. The first kappa shape index (κ1) is 23.2. The van der Waals surface area contributed by atoms with Crippen LogP contribution >= 0.6 is 0 Å². The van der Waals surface area contributed by atoms with E-state index >= 15 is 0 Å². The summed E-state index contributed by atoms with van der Waals surface area (Å²) in [5.74, 6) is -1.78. The highest BCUT2D eigenvalue weighted by Crippen LogP contribution is 2.32. The number of hydrogen-bond acceptors (Lipinski definition) is 6. The molecule has 0 radical (unpaired) electrons. The van der Waals surface area contributed by atoms with Gasteiger partial charge in [0, 0.05) is 26.2 Å². The minimum atomic E-state index is -5.08. The predicted molar refractivity (Wildman–Crippen MR) is 94.0 cm³/mol. The topological polar surface area (TPSA) is 101 Å². The molecular weight excluding hydrogens is 397 g/mol. The Morgan fingerprint density at radius 2 is 2.07 bits per heavy atom. The SMILES string of the molecule is COCCNC(=O)[C@@H]1CC[C@@H]2[C@@H](CCN2Cc2ccco2)O1.O=C(O)C(F)(F)F. The van der Waals surface area contributed by atoms with Crippen LogP contribution in [0.3, 0.4) is 0 Å². The first-order valence-electron chi connectivity index (χ1n) is 9.21. The van der Waals surface area contributed by atoms with Gasteiger partial charge < -0.3 is 24.3 Å². The van der Waals surface area contributed by atoms with Crippen LogP contribution in [0.1, 0.15) is 25.0 Å².